The van der Waals surface area contributed by atoms with Crippen molar-refractivity contribution in [3.05, 3.63) is 29.8 Å². The van der Waals surface area contributed by atoms with Gasteiger partial charge in [-0.3, -0.25) is 4.79 Å². The Morgan fingerprint density at radius 1 is 1.19 bits per heavy atom. The lowest BCUT2D eigenvalue weighted by Gasteiger charge is -2.34. The minimum atomic E-state index is -0.121. The first-order chi connectivity index (χ1) is 14.7. The molecule has 166 valence electrons. The zero-order valence-electron chi connectivity index (χ0n) is 19.1. The average Bonchev–Trinajstić information content (AvgIpc) is 3.27. The molecular weight excluding hydrogens is 408 g/mol. The summed E-state index contributed by atoms with van der Waals surface area (Å²) in [6, 6.07) is 8.42. The third-order valence-electron chi connectivity index (χ3n) is 5.34. The van der Waals surface area contributed by atoms with Gasteiger partial charge >= 0.3 is 0 Å². The van der Waals surface area contributed by atoms with E-state index in [4.69, 9.17) is 10.1 Å². The van der Waals surface area contributed by atoms with Crippen LogP contribution in [0.25, 0.3) is 16.2 Å². The highest BCUT2D eigenvalue weighted by Gasteiger charge is 2.26. The van der Waals surface area contributed by atoms with E-state index >= 15 is 0 Å². The van der Waals surface area contributed by atoms with Crippen molar-refractivity contribution in [2.75, 3.05) is 36.4 Å². The number of nitrogens with zero attached hydrogens (tertiary/aromatic N) is 5. The number of carbonyl (C=O) groups excluding carboxylic acids is 1. The number of fused-ring (bicyclic) bond motifs is 1. The lowest BCUT2D eigenvalue weighted by atomic mass is 10.1. The van der Waals surface area contributed by atoms with E-state index in [2.05, 4.69) is 62.2 Å². The number of rotatable bonds is 5. The number of amides is 1. The van der Waals surface area contributed by atoms with E-state index in [1.54, 1.807) is 11.3 Å². The number of piperazine rings is 1. The Morgan fingerprint density at radius 2 is 1.94 bits per heavy atom. The molecule has 0 saturated carbocycles. The van der Waals surface area contributed by atoms with Crippen LogP contribution in [-0.4, -0.2) is 57.1 Å². The monoisotopic (exact) mass is 440 g/mol. The van der Waals surface area contributed by atoms with Crippen molar-refractivity contribution in [2.45, 2.75) is 53.0 Å². The molecule has 3 aromatic rings. The number of aromatic nitrogens is 3. The lowest BCUT2D eigenvalue weighted by Crippen LogP contribution is -2.48. The fourth-order valence-electron chi connectivity index (χ4n) is 3.85. The number of hydrogen-bond acceptors (Lipinski definition) is 6. The van der Waals surface area contributed by atoms with Gasteiger partial charge in [0, 0.05) is 43.7 Å². The molecule has 1 amide bonds. The number of nitrogens with one attached hydrogen (secondary N) is 1. The molecule has 1 aliphatic heterocycles. The van der Waals surface area contributed by atoms with Crippen LogP contribution in [0.4, 0.5) is 10.9 Å². The van der Waals surface area contributed by atoms with Gasteiger partial charge in [0.25, 0.3) is 0 Å². The first-order valence-corrected chi connectivity index (χ1v) is 11.8. The van der Waals surface area contributed by atoms with E-state index in [1.807, 2.05) is 16.3 Å². The summed E-state index contributed by atoms with van der Waals surface area (Å²) in [4.78, 5) is 22.3. The van der Waals surface area contributed by atoms with Gasteiger partial charge in [-0.05, 0) is 40.2 Å². The molecule has 4 rings (SSSR count). The predicted molar refractivity (Wildman–Crippen MR) is 128 cm³/mol. The van der Waals surface area contributed by atoms with E-state index in [1.165, 1.54) is 5.56 Å². The van der Waals surface area contributed by atoms with E-state index in [0.717, 1.165) is 59.8 Å². The van der Waals surface area contributed by atoms with Gasteiger partial charge in [0.2, 0.25) is 16.0 Å². The fourth-order valence-corrected chi connectivity index (χ4v) is 4.80. The standard InChI is InChI=1S/C23H32N6OS/c1-6-8-18(30)27-11-13-28(14-12-27)22-26-29-20(25-23(3,4)5)19(24-21(29)31-22)17-10-7-9-16(2)15-17/h7,9-10,15,25H,6,8,11-14H2,1-5H3. The Morgan fingerprint density at radius 3 is 2.58 bits per heavy atom. The van der Waals surface area contributed by atoms with Crippen molar-refractivity contribution in [1.29, 1.82) is 0 Å². The smallest absolute Gasteiger partial charge is 0.222 e. The fraction of sp³-hybridized carbons (Fsp3) is 0.522. The molecule has 7 nitrogen and oxygen atoms in total. The minimum absolute atomic E-state index is 0.121. The maximum atomic E-state index is 12.2. The maximum Gasteiger partial charge on any atom is 0.222 e. The van der Waals surface area contributed by atoms with Gasteiger partial charge in [-0.15, -0.1) is 5.10 Å². The SMILES string of the molecule is CCCC(=O)N1CCN(c2nn3c(NC(C)(C)C)c(-c4cccc(C)c4)nc3s2)CC1. The average molecular weight is 441 g/mol. The Hall–Kier alpha value is -2.61. The molecule has 0 aliphatic carbocycles. The Bertz CT molecular complexity index is 1070. The topological polar surface area (TPSA) is 65.8 Å². The van der Waals surface area contributed by atoms with E-state index in [9.17, 15) is 4.79 Å². The highest BCUT2D eigenvalue weighted by atomic mass is 32.1. The van der Waals surface area contributed by atoms with Gasteiger partial charge < -0.3 is 15.1 Å². The van der Waals surface area contributed by atoms with Crippen molar-refractivity contribution < 1.29 is 4.79 Å². The molecule has 0 spiro atoms. The van der Waals surface area contributed by atoms with Crippen LogP contribution in [0.2, 0.25) is 0 Å². The second kappa shape index (κ2) is 8.49. The molecule has 1 saturated heterocycles. The van der Waals surface area contributed by atoms with Crippen LogP contribution in [0.15, 0.2) is 24.3 Å². The lowest BCUT2D eigenvalue weighted by molar-refractivity contribution is -0.131. The van der Waals surface area contributed by atoms with Gasteiger partial charge in [-0.1, -0.05) is 42.0 Å². The number of benzene rings is 1. The first-order valence-electron chi connectivity index (χ1n) is 11.0. The molecule has 8 heteroatoms. The molecule has 0 atom stereocenters. The zero-order valence-corrected chi connectivity index (χ0v) is 19.9. The van der Waals surface area contributed by atoms with Gasteiger partial charge in [0.15, 0.2) is 5.82 Å². The summed E-state index contributed by atoms with van der Waals surface area (Å²) in [6.45, 7) is 13.7. The van der Waals surface area contributed by atoms with Crippen molar-refractivity contribution in [1.82, 2.24) is 19.5 Å². The summed E-state index contributed by atoms with van der Waals surface area (Å²) < 4.78 is 1.94. The summed E-state index contributed by atoms with van der Waals surface area (Å²) in [7, 11) is 0. The summed E-state index contributed by atoms with van der Waals surface area (Å²) >= 11 is 1.61. The van der Waals surface area contributed by atoms with Crippen LogP contribution in [0.3, 0.4) is 0 Å². The molecule has 0 radical (unpaired) electrons. The molecule has 31 heavy (non-hydrogen) atoms. The van der Waals surface area contributed by atoms with Gasteiger partial charge in [0.05, 0.1) is 0 Å². The number of carbonyl (C=O) groups is 1. The van der Waals surface area contributed by atoms with Gasteiger partial charge in [-0.25, -0.2) is 4.98 Å². The van der Waals surface area contributed by atoms with Gasteiger partial charge in [-0.2, -0.15) is 4.52 Å². The summed E-state index contributed by atoms with van der Waals surface area (Å²) in [5.74, 6) is 1.18. The Balaban J connectivity index is 1.63. The molecule has 3 heterocycles. The highest BCUT2D eigenvalue weighted by molar-refractivity contribution is 7.20. The molecule has 0 bridgehead atoms. The summed E-state index contributed by atoms with van der Waals surface area (Å²) in [6.07, 6.45) is 1.53. The van der Waals surface area contributed by atoms with Crippen LogP contribution >= 0.6 is 11.3 Å². The minimum Gasteiger partial charge on any atom is -0.364 e. The molecule has 0 unspecified atom stereocenters. The largest absolute Gasteiger partial charge is 0.364 e. The molecule has 1 aromatic carbocycles. The molecule has 1 aliphatic rings. The van der Waals surface area contributed by atoms with Crippen LogP contribution < -0.4 is 10.2 Å². The number of imidazole rings is 1. The predicted octanol–water partition coefficient (Wildman–Crippen LogP) is 4.43. The normalized spacial score (nSPS) is 15.0. The van der Waals surface area contributed by atoms with Crippen LogP contribution in [0.1, 0.15) is 46.1 Å². The van der Waals surface area contributed by atoms with Crippen molar-refractivity contribution in [3.63, 3.8) is 0 Å². The second-order valence-electron chi connectivity index (χ2n) is 9.25. The van der Waals surface area contributed by atoms with Crippen LogP contribution in [0.5, 0.6) is 0 Å². The molecule has 1 N–H and O–H groups in total. The maximum absolute atomic E-state index is 12.2. The van der Waals surface area contributed by atoms with E-state index in [0.29, 0.717) is 6.42 Å². The summed E-state index contributed by atoms with van der Waals surface area (Å²) in [5, 5.41) is 9.50. The number of anilines is 2. The Labute approximate surface area is 188 Å². The molecular formula is C23H32N6OS. The third kappa shape index (κ3) is 4.69. The molecule has 1 fully saturated rings. The first kappa shape index (κ1) is 21.6. The highest BCUT2D eigenvalue weighted by Crippen LogP contribution is 2.35. The Kier molecular flexibility index (Phi) is 5.92. The van der Waals surface area contributed by atoms with Crippen LogP contribution in [0, 0.1) is 6.92 Å². The number of aryl methyl sites for hydroxylation is 1. The molecule has 2 aromatic heterocycles. The van der Waals surface area contributed by atoms with E-state index in [-0.39, 0.29) is 11.4 Å². The number of hydrogen-bond donors (Lipinski definition) is 1. The second-order valence-corrected chi connectivity index (χ2v) is 10.2. The van der Waals surface area contributed by atoms with E-state index < -0.39 is 0 Å². The van der Waals surface area contributed by atoms with Crippen molar-refractivity contribution in [3.8, 4) is 11.3 Å². The van der Waals surface area contributed by atoms with Crippen molar-refractivity contribution in [2.24, 2.45) is 0 Å². The van der Waals surface area contributed by atoms with Crippen molar-refractivity contribution >= 4 is 33.2 Å². The zero-order chi connectivity index (χ0) is 22.2. The summed E-state index contributed by atoms with van der Waals surface area (Å²) in [5.41, 5.74) is 3.11. The third-order valence-corrected chi connectivity index (χ3v) is 6.31. The van der Waals surface area contributed by atoms with Gasteiger partial charge in [0.1, 0.15) is 5.69 Å². The quantitative estimate of drug-likeness (QED) is 0.636. The van der Waals surface area contributed by atoms with Crippen LogP contribution in [-0.2, 0) is 4.79 Å².